The molecule has 0 spiro atoms. The summed E-state index contributed by atoms with van der Waals surface area (Å²) in [6.07, 6.45) is 2.35. The van der Waals surface area contributed by atoms with Crippen LogP contribution in [-0.2, 0) is 12.8 Å². The lowest BCUT2D eigenvalue weighted by Gasteiger charge is -2.34. The Balaban J connectivity index is 1.80. The number of hydrogen-bond donors (Lipinski definition) is 1. The van der Waals surface area contributed by atoms with Crippen LogP contribution in [0.1, 0.15) is 17.7 Å². The number of nitrogens with two attached hydrogens (primary N) is 1. The van der Waals surface area contributed by atoms with E-state index in [-0.39, 0.29) is 0 Å². The third kappa shape index (κ3) is 2.36. The van der Waals surface area contributed by atoms with E-state index in [9.17, 15) is 4.39 Å². The number of hydrogen-bond acceptors (Lipinski definition) is 5. The van der Waals surface area contributed by atoms with E-state index in [2.05, 4.69) is 17.1 Å². The molecule has 1 aromatic heterocycles. The molecule has 2 aliphatic rings. The van der Waals surface area contributed by atoms with Gasteiger partial charge in [0, 0.05) is 21.7 Å². The lowest BCUT2D eigenvalue weighted by Crippen LogP contribution is -2.49. The lowest BCUT2D eigenvalue weighted by molar-refractivity contribution is 0.272. The van der Waals surface area contributed by atoms with Gasteiger partial charge >= 0.3 is 0 Å². The maximum atomic E-state index is 13.1. The summed E-state index contributed by atoms with van der Waals surface area (Å²) in [5, 5.41) is 5.67. The molecule has 0 saturated carbocycles. The number of rotatable bonds is 3. The summed E-state index contributed by atoms with van der Waals surface area (Å²) in [6.45, 7) is 0.799. The first-order chi connectivity index (χ1) is 10.7. The molecule has 22 heavy (non-hydrogen) atoms. The molecule has 4 rings (SSSR count). The van der Waals surface area contributed by atoms with Crippen molar-refractivity contribution in [1.29, 1.82) is 0 Å². The van der Waals surface area contributed by atoms with Gasteiger partial charge in [0.25, 0.3) is 0 Å². The number of alkyl halides is 1. The summed E-state index contributed by atoms with van der Waals surface area (Å²) in [6, 6.07) is 8.09. The highest BCUT2D eigenvalue weighted by Crippen LogP contribution is 2.34. The van der Waals surface area contributed by atoms with Crippen molar-refractivity contribution in [1.82, 2.24) is 9.97 Å². The van der Waals surface area contributed by atoms with Crippen LogP contribution in [0.3, 0.4) is 0 Å². The van der Waals surface area contributed by atoms with E-state index in [0.29, 0.717) is 19.0 Å². The van der Waals surface area contributed by atoms with Gasteiger partial charge in [0.05, 0.1) is 18.8 Å². The molecule has 2 N–H and O–H groups in total. The second kappa shape index (κ2) is 5.52. The molecule has 1 aliphatic heterocycles. The Morgan fingerprint density at radius 2 is 2.09 bits per heavy atom. The SMILES string of the molecule is NSc1cccc(-c2nc(N3CC(F)C3)nc3c2CCC3)c1. The van der Waals surface area contributed by atoms with Crippen molar-refractivity contribution in [3.05, 3.63) is 35.5 Å². The maximum absolute atomic E-state index is 13.1. The number of benzene rings is 1. The van der Waals surface area contributed by atoms with Crippen LogP contribution in [0.4, 0.5) is 10.3 Å². The normalized spacial score (nSPS) is 17.5. The zero-order chi connectivity index (χ0) is 15.1. The topological polar surface area (TPSA) is 55.0 Å². The molecular formula is C16H17FN4S. The molecule has 0 unspecified atom stereocenters. The third-order valence-corrected chi connectivity index (χ3v) is 4.81. The summed E-state index contributed by atoms with van der Waals surface area (Å²) in [4.78, 5) is 12.3. The molecule has 1 aromatic carbocycles. The summed E-state index contributed by atoms with van der Waals surface area (Å²) in [5.41, 5.74) is 4.40. The zero-order valence-corrected chi connectivity index (χ0v) is 12.9. The zero-order valence-electron chi connectivity index (χ0n) is 12.1. The second-order valence-corrected chi connectivity index (χ2v) is 6.51. The second-order valence-electron chi connectivity index (χ2n) is 5.80. The monoisotopic (exact) mass is 316 g/mol. The van der Waals surface area contributed by atoms with Gasteiger partial charge in [-0.25, -0.2) is 14.4 Å². The fourth-order valence-corrected chi connectivity index (χ4v) is 3.46. The average molecular weight is 316 g/mol. The van der Waals surface area contributed by atoms with Crippen molar-refractivity contribution in [2.45, 2.75) is 30.3 Å². The van der Waals surface area contributed by atoms with Gasteiger partial charge < -0.3 is 4.90 Å². The lowest BCUT2D eigenvalue weighted by atomic mass is 10.1. The molecule has 1 aliphatic carbocycles. The minimum Gasteiger partial charge on any atom is -0.335 e. The van der Waals surface area contributed by atoms with Crippen molar-refractivity contribution >= 4 is 17.9 Å². The minimum atomic E-state index is -0.753. The summed E-state index contributed by atoms with van der Waals surface area (Å²) in [7, 11) is 0. The van der Waals surface area contributed by atoms with Crippen LogP contribution in [0, 0.1) is 0 Å². The Labute approximate surface area is 133 Å². The van der Waals surface area contributed by atoms with Crippen LogP contribution in [0.5, 0.6) is 0 Å². The maximum Gasteiger partial charge on any atom is 0.226 e. The molecule has 0 bridgehead atoms. The molecular weight excluding hydrogens is 299 g/mol. The number of fused-ring (bicyclic) bond motifs is 1. The number of aryl methyl sites for hydroxylation is 1. The number of nitrogens with zero attached hydrogens (tertiary/aromatic N) is 3. The summed E-state index contributed by atoms with van der Waals surface area (Å²) < 4.78 is 13.1. The Kier molecular flexibility index (Phi) is 3.50. The Bertz CT molecular complexity index is 715. The van der Waals surface area contributed by atoms with Crippen LogP contribution >= 0.6 is 11.9 Å². The van der Waals surface area contributed by atoms with Gasteiger partial charge in [0.15, 0.2) is 0 Å². The standard InChI is InChI=1S/C16H17FN4S/c17-11-8-21(9-11)16-19-14-6-2-5-13(14)15(20-16)10-3-1-4-12(7-10)22-18/h1,3-4,7,11H,2,5-6,8-9,18H2. The van der Waals surface area contributed by atoms with Crippen molar-refractivity contribution in [2.75, 3.05) is 18.0 Å². The van der Waals surface area contributed by atoms with Crippen molar-refractivity contribution in [3.63, 3.8) is 0 Å². The quantitative estimate of drug-likeness (QED) is 0.883. The van der Waals surface area contributed by atoms with E-state index in [1.807, 2.05) is 17.0 Å². The molecule has 0 atom stereocenters. The van der Waals surface area contributed by atoms with E-state index in [1.54, 1.807) is 0 Å². The molecule has 2 heterocycles. The van der Waals surface area contributed by atoms with E-state index >= 15 is 0 Å². The molecule has 114 valence electrons. The van der Waals surface area contributed by atoms with Crippen LogP contribution in [0.25, 0.3) is 11.3 Å². The molecule has 6 heteroatoms. The van der Waals surface area contributed by atoms with Crippen LogP contribution in [0.2, 0.25) is 0 Å². The summed E-state index contributed by atoms with van der Waals surface area (Å²) in [5.74, 6) is 0.662. The van der Waals surface area contributed by atoms with Gasteiger partial charge in [-0.1, -0.05) is 12.1 Å². The fraction of sp³-hybridized carbons (Fsp3) is 0.375. The average Bonchev–Trinajstić information content (AvgIpc) is 2.99. The highest BCUT2D eigenvalue weighted by atomic mass is 32.2. The smallest absolute Gasteiger partial charge is 0.226 e. The fourth-order valence-electron chi connectivity index (χ4n) is 3.10. The number of aromatic nitrogens is 2. The molecule has 4 nitrogen and oxygen atoms in total. The van der Waals surface area contributed by atoms with E-state index in [4.69, 9.17) is 10.1 Å². The predicted octanol–water partition coefficient (Wildman–Crippen LogP) is 2.76. The van der Waals surface area contributed by atoms with Crippen molar-refractivity contribution < 1.29 is 4.39 Å². The molecule has 2 aromatic rings. The van der Waals surface area contributed by atoms with Crippen LogP contribution in [0.15, 0.2) is 29.2 Å². The van der Waals surface area contributed by atoms with Gasteiger partial charge in [-0.15, -0.1) is 0 Å². The molecule has 0 amide bonds. The Morgan fingerprint density at radius 3 is 2.86 bits per heavy atom. The molecule has 1 saturated heterocycles. The van der Waals surface area contributed by atoms with Gasteiger partial charge in [-0.2, -0.15) is 0 Å². The van der Waals surface area contributed by atoms with Crippen LogP contribution < -0.4 is 10.0 Å². The molecule has 1 fully saturated rings. The van der Waals surface area contributed by atoms with Gasteiger partial charge in [-0.05, 0) is 43.3 Å². The largest absolute Gasteiger partial charge is 0.335 e. The highest BCUT2D eigenvalue weighted by molar-refractivity contribution is 7.97. The van der Waals surface area contributed by atoms with Gasteiger partial charge in [-0.3, -0.25) is 5.14 Å². The van der Waals surface area contributed by atoms with Crippen molar-refractivity contribution in [3.8, 4) is 11.3 Å². The Hall–Kier alpha value is -1.66. The number of halogens is 1. The van der Waals surface area contributed by atoms with Gasteiger partial charge in [0.1, 0.15) is 6.17 Å². The van der Waals surface area contributed by atoms with Crippen LogP contribution in [-0.4, -0.2) is 29.2 Å². The Morgan fingerprint density at radius 1 is 1.23 bits per heavy atom. The number of anilines is 1. The van der Waals surface area contributed by atoms with E-state index < -0.39 is 6.17 Å². The van der Waals surface area contributed by atoms with Crippen molar-refractivity contribution in [2.24, 2.45) is 5.14 Å². The van der Waals surface area contributed by atoms with E-state index in [0.717, 1.165) is 41.1 Å². The third-order valence-electron chi connectivity index (χ3n) is 4.28. The summed E-state index contributed by atoms with van der Waals surface area (Å²) >= 11 is 1.23. The predicted molar refractivity (Wildman–Crippen MR) is 86.6 cm³/mol. The minimum absolute atomic E-state index is 0.400. The molecule has 0 radical (unpaired) electrons. The first-order valence-electron chi connectivity index (χ1n) is 7.50. The van der Waals surface area contributed by atoms with Gasteiger partial charge in [0.2, 0.25) is 5.95 Å². The highest BCUT2D eigenvalue weighted by Gasteiger charge is 2.30. The van der Waals surface area contributed by atoms with E-state index in [1.165, 1.54) is 17.5 Å². The first kappa shape index (κ1) is 14.0. The first-order valence-corrected chi connectivity index (χ1v) is 8.38.